The third kappa shape index (κ3) is 6.21. The Kier molecular flexibility index (Phi) is 8.93. The van der Waals surface area contributed by atoms with Crippen LogP contribution in [0.3, 0.4) is 0 Å². The minimum Gasteiger partial charge on any atom is -0.490 e. The van der Waals surface area contributed by atoms with Crippen LogP contribution in [0.4, 0.5) is 5.69 Å². The number of aryl methyl sites for hydroxylation is 1. The number of carbonyl (C=O) groups excluding carboxylic acids is 2. The highest BCUT2D eigenvalue weighted by atomic mass is 35.5. The van der Waals surface area contributed by atoms with Gasteiger partial charge in [0.15, 0.2) is 5.25 Å². The molecule has 2 heterocycles. The molecule has 2 aliphatic heterocycles. The summed E-state index contributed by atoms with van der Waals surface area (Å²) >= 11 is 6.41. The van der Waals surface area contributed by atoms with Gasteiger partial charge in [0.25, 0.3) is 5.91 Å². The molecule has 0 saturated heterocycles. The largest absolute Gasteiger partial charge is 0.490 e. The van der Waals surface area contributed by atoms with Crippen molar-refractivity contribution in [2.24, 2.45) is 11.8 Å². The van der Waals surface area contributed by atoms with Gasteiger partial charge < -0.3 is 19.3 Å². The first-order valence-corrected chi connectivity index (χ1v) is 17.7. The number of halogens is 1. The maximum Gasteiger partial charge on any atom is 0.264 e. The Bertz CT molecular complexity index is 1610. The Morgan fingerprint density at radius 1 is 1.16 bits per heavy atom. The van der Waals surface area contributed by atoms with Gasteiger partial charge in [-0.2, -0.15) is 0 Å². The number of nitrogens with one attached hydrogen (secondary N) is 1. The average molecular weight is 656 g/mol. The van der Waals surface area contributed by atoms with Gasteiger partial charge in [-0.3, -0.25) is 9.59 Å². The van der Waals surface area contributed by atoms with Crippen molar-refractivity contribution in [2.45, 2.75) is 61.7 Å². The fourth-order valence-corrected chi connectivity index (χ4v) is 9.26. The van der Waals surface area contributed by atoms with Crippen molar-refractivity contribution in [1.29, 1.82) is 0 Å². The van der Waals surface area contributed by atoms with Gasteiger partial charge in [-0.05, 0) is 98.2 Å². The summed E-state index contributed by atoms with van der Waals surface area (Å²) < 4.78 is 41.7. The zero-order valence-corrected chi connectivity index (χ0v) is 27.7. The number of sulfonamides is 1. The van der Waals surface area contributed by atoms with Crippen LogP contribution in [-0.2, 0) is 31.4 Å². The summed E-state index contributed by atoms with van der Waals surface area (Å²) in [5.41, 5.74) is 3.18. The Morgan fingerprint density at radius 2 is 1.98 bits per heavy atom. The molecule has 2 bridgehead atoms. The quantitative estimate of drug-likeness (QED) is 0.467. The van der Waals surface area contributed by atoms with Gasteiger partial charge in [0.1, 0.15) is 5.75 Å². The first-order valence-electron chi connectivity index (χ1n) is 15.8. The molecule has 0 aromatic heterocycles. The van der Waals surface area contributed by atoms with Crippen LogP contribution in [0.1, 0.15) is 60.0 Å². The molecular weight excluding hydrogens is 614 g/mol. The molecule has 1 N–H and O–H groups in total. The van der Waals surface area contributed by atoms with Gasteiger partial charge >= 0.3 is 0 Å². The Labute approximate surface area is 270 Å². The molecule has 1 saturated carbocycles. The van der Waals surface area contributed by atoms with Crippen LogP contribution in [0.25, 0.3) is 0 Å². The number of amides is 2. The van der Waals surface area contributed by atoms with E-state index in [1.54, 1.807) is 25.3 Å². The number of carbonyl (C=O) groups is 2. The molecule has 11 heteroatoms. The van der Waals surface area contributed by atoms with Gasteiger partial charge in [-0.1, -0.05) is 29.8 Å². The fourth-order valence-electron chi connectivity index (χ4n) is 7.63. The molecule has 2 amide bonds. The zero-order valence-electron chi connectivity index (χ0n) is 26.1. The van der Waals surface area contributed by atoms with E-state index in [1.807, 2.05) is 18.2 Å². The Morgan fingerprint density at radius 3 is 2.71 bits per heavy atom. The molecule has 4 aliphatic rings. The number of allylic oxidation sites excluding steroid dienone is 1. The average Bonchev–Trinajstić information content (AvgIpc) is 3.14. The molecule has 0 unspecified atom stereocenters. The molecule has 9 nitrogen and oxygen atoms in total. The molecule has 1 fully saturated rings. The second-order valence-corrected chi connectivity index (χ2v) is 15.5. The van der Waals surface area contributed by atoms with Gasteiger partial charge in [-0.25, -0.2) is 13.1 Å². The molecule has 1 spiro atoms. The van der Waals surface area contributed by atoms with Crippen molar-refractivity contribution >= 4 is 39.1 Å². The second kappa shape index (κ2) is 12.6. The van der Waals surface area contributed by atoms with Crippen molar-refractivity contribution in [3.05, 3.63) is 70.3 Å². The lowest BCUT2D eigenvalue weighted by atomic mass is 9.68. The highest BCUT2D eigenvalue weighted by molar-refractivity contribution is 7.91. The van der Waals surface area contributed by atoms with Gasteiger partial charge in [0.05, 0.1) is 18.4 Å². The van der Waals surface area contributed by atoms with Crippen LogP contribution in [-0.4, -0.2) is 77.4 Å². The van der Waals surface area contributed by atoms with Crippen LogP contribution in [0.5, 0.6) is 5.75 Å². The van der Waals surface area contributed by atoms with E-state index in [2.05, 4.69) is 21.8 Å². The predicted octanol–water partition coefficient (Wildman–Crippen LogP) is 4.72. The minimum atomic E-state index is -4.33. The Balaban J connectivity index is 1.43. The van der Waals surface area contributed by atoms with Crippen LogP contribution in [0.15, 0.2) is 48.6 Å². The number of benzene rings is 2. The number of anilines is 1. The summed E-state index contributed by atoms with van der Waals surface area (Å²) in [4.78, 5) is 30.1. The third-order valence-corrected chi connectivity index (χ3v) is 12.1. The predicted molar refractivity (Wildman–Crippen MR) is 174 cm³/mol. The normalized spacial score (nSPS) is 30.0. The van der Waals surface area contributed by atoms with E-state index in [9.17, 15) is 18.0 Å². The number of ether oxygens (including phenoxy) is 2. The smallest absolute Gasteiger partial charge is 0.264 e. The lowest BCUT2D eigenvalue weighted by Crippen LogP contribution is -2.49. The number of hydrogen-bond acceptors (Lipinski definition) is 7. The van der Waals surface area contributed by atoms with Crippen molar-refractivity contribution in [3.63, 3.8) is 0 Å². The second-order valence-electron chi connectivity index (χ2n) is 13.2. The Hall–Kier alpha value is -3.08. The first-order chi connectivity index (χ1) is 21.5. The molecule has 2 aliphatic carbocycles. The monoisotopic (exact) mass is 655 g/mol. The number of rotatable bonds is 2. The van der Waals surface area contributed by atoms with E-state index < -0.39 is 27.1 Å². The number of nitrogens with zero attached hydrogens (tertiary/aromatic N) is 2. The lowest BCUT2D eigenvalue weighted by Gasteiger charge is -2.46. The summed E-state index contributed by atoms with van der Waals surface area (Å²) in [5.74, 6) is -0.0462. The summed E-state index contributed by atoms with van der Waals surface area (Å²) in [6, 6.07) is 11.3. The zero-order chi connectivity index (χ0) is 31.9. The maximum atomic E-state index is 13.5. The standard InChI is InChI=1S/C34H42ClN3O6S/c1-37(2)33(40)31-9-5-4-8-29(43-3)26-13-10-24(26)19-38-20-34(16-6-7-22-17-25(35)12-14-27(22)34)21-44-30-15-11-23(18-28(30)38)32(39)36-45(31,41)42/h4,8,11-12,14-15,17-18,24,26,29,31H,5-7,9-10,13,16,19-21H2,1-3H3,(H,36,39)/b8-4-/t24-,26+,29-,31+,34-/m0/s1. The minimum absolute atomic E-state index is 0.0429. The molecule has 0 radical (unpaired) electrons. The van der Waals surface area contributed by atoms with Crippen LogP contribution in [0, 0.1) is 11.8 Å². The van der Waals surface area contributed by atoms with E-state index in [1.165, 1.54) is 30.1 Å². The SMILES string of the molecule is CO[C@H]1/C=C\CC[C@H](C(=O)N(C)C)S(=O)(=O)NC(=O)c2ccc3c(c2)N(C[C@@H]2CC[C@H]21)C[C@@]1(CCCc2cc(Cl)ccc21)CO3. The third-order valence-electron chi connectivity index (χ3n) is 10.2. The molecular formula is C34H42ClN3O6S. The maximum absolute atomic E-state index is 13.5. The van der Waals surface area contributed by atoms with Crippen LogP contribution in [0.2, 0.25) is 5.02 Å². The van der Waals surface area contributed by atoms with Crippen molar-refractivity contribution < 1.29 is 27.5 Å². The molecule has 6 rings (SSSR count). The van der Waals surface area contributed by atoms with E-state index >= 15 is 0 Å². The number of hydrogen-bond donors (Lipinski definition) is 1. The van der Waals surface area contributed by atoms with Crippen LogP contribution < -0.4 is 14.4 Å². The molecule has 5 atom stereocenters. The fraction of sp³-hybridized carbons (Fsp3) is 0.529. The van der Waals surface area contributed by atoms with E-state index in [-0.39, 0.29) is 29.4 Å². The molecule has 242 valence electrons. The van der Waals surface area contributed by atoms with Gasteiger partial charge in [-0.15, -0.1) is 0 Å². The summed E-state index contributed by atoms with van der Waals surface area (Å²) in [6.45, 7) is 1.92. The lowest BCUT2D eigenvalue weighted by molar-refractivity contribution is -0.128. The van der Waals surface area contributed by atoms with Crippen molar-refractivity contribution in [3.8, 4) is 5.75 Å². The first kappa shape index (κ1) is 31.9. The summed E-state index contributed by atoms with van der Waals surface area (Å²) in [5, 5.41) is -0.684. The highest BCUT2D eigenvalue weighted by Crippen LogP contribution is 2.47. The summed E-state index contributed by atoms with van der Waals surface area (Å²) in [7, 11) is 0.403. The summed E-state index contributed by atoms with van der Waals surface area (Å²) in [6.07, 6.45) is 9.19. The van der Waals surface area contributed by atoms with Crippen molar-refractivity contribution in [1.82, 2.24) is 9.62 Å². The van der Waals surface area contributed by atoms with E-state index in [4.69, 9.17) is 21.1 Å². The molecule has 45 heavy (non-hydrogen) atoms. The number of fused-ring (bicyclic) bond motifs is 4. The highest BCUT2D eigenvalue weighted by Gasteiger charge is 2.44. The van der Waals surface area contributed by atoms with E-state index in [0.717, 1.165) is 49.4 Å². The van der Waals surface area contributed by atoms with Gasteiger partial charge in [0.2, 0.25) is 15.9 Å². The van der Waals surface area contributed by atoms with E-state index in [0.29, 0.717) is 31.2 Å². The topological polar surface area (TPSA) is 105 Å². The molecule has 2 aromatic rings. The van der Waals surface area contributed by atoms with Crippen LogP contribution >= 0.6 is 11.6 Å². The molecule has 2 aromatic carbocycles. The number of methoxy groups -OCH3 is 1. The van der Waals surface area contributed by atoms with Gasteiger partial charge in [0, 0.05) is 50.3 Å². The van der Waals surface area contributed by atoms with Crippen molar-refractivity contribution in [2.75, 3.05) is 45.8 Å².